The molecule has 0 unspecified atom stereocenters. The van der Waals surface area contributed by atoms with Crippen molar-refractivity contribution >= 4 is 108 Å². The van der Waals surface area contributed by atoms with Crippen LogP contribution in [-0.2, 0) is 52.8 Å². The minimum atomic E-state index is -1.05. The largest absolute Gasteiger partial charge is 0.464 e. The zero-order valence-electron chi connectivity index (χ0n) is 42.4. The van der Waals surface area contributed by atoms with E-state index in [9.17, 15) is 24.0 Å². The second kappa shape index (κ2) is 27.3. The van der Waals surface area contributed by atoms with Crippen LogP contribution in [0.2, 0.25) is 0 Å². The number of benzene rings is 2. The lowest BCUT2D eigenvalue weighted by atomic mass is 9.84. The van der Waals surface area contributed by atoms with E-state index in [-0.39, 0.29) is 117 Å². The lowest BCUT2D eigenvalue weighted by Gasteiger charge is -2.37. The summed E-state index contributed by atoms with van der Waals surface area (Å²) in [5.41, 5.74) is 10.5. The van der Waals surface area contributed by atoms with E-state index in [1.165, 1.54) is 11.1 Å². The molecule has 2 saturated heterocycles. The van der Waals surface area contributed by atoms with Crippen LogP contribution < -0.4 is 10.7 Å². The average molecular weight is 1070 g/mol. The third kappa shape index (κ3) is 13.7. The number of rotatable bonds is 11. The predicted molar refractivity (Wildman–Crippen MR) is 306 cm³/mol. The maximum Gasteiger partial charge on any atom is 0.324 e. The van der Waals surface area contributed by atoms with Crippen LogP contribution in [-0.4, -0.2) is 112 Å². The van der Waals surface area contributed by atoms with Gasteiger partial charge in [-0.2, -0.15) is 67.5 Å². The molecule has 2 fully saturated rings. The number of aryl methyl sites for hydroxylation is 1. The molecule has 7 rings (SSSR count). The van der Waals surface area contributed by atoms with Gasteiger partial charge in [0.15, 0.2) is 0 Å². The van der Waals surface area contributed by atoms with Gasteiger partial charge in [0.05, 0.1) is 30.0 Å². The van der Waals surface area contributed by atoms with Crippen molar-refractivity contribution in [2.75, 3.05) is 39.9 Å². The van der Waals surface area contributed by atoms with Crippen molar-refractivity contribution in [1.82, 2.24) is 35.1 Å². The van der Waals surface area contributed by atoms with E-state index in [1.54, 1.807) is 23.1 Å². The topological polar surface area (TPSA) is 155 Å². The van der Waals surface area contributed by atoms with Gasteiger partial charge in [0.25, 0.3) is 5.91 Å². The number of likely N-dealkylation sites (N-methyl/N-ethyl adjacent to an activating group) is 1. The summed E-state index contributed by atoms with van der Waals surface area (Å²) in [6.45, 7) is 19.7. The second-order valence-corrected chi connectivity index (χ2v) is 19.1. The SMILES string of the molecule is C=CC(=O)N1CC[C@H](C(=O)N(CC)[C@H](C(=O)N[C@H]2Cc3cccc(c3)-c3ccc4c(c3)c(c(-c3cccnc3[C@H](C)OC)n4CC)CC(C)(C)COC(=O)[C@@H]3CCCN(N3)C2=O)C(C)C)C1.S.S.S.S.S. The Balaban J connectivity index is 0.00000346. The number of ether oxygens (including phenoxy) is 2. The Morgan fingerprint density at radius 2 is 1.70 bits per heavy atom. The summed E-state index contributed by atoms with van der Waals surface area (Å²) in [7, 11) is 1.69. The fourth-order valence-corrected chi connectivity index (χ4v) is 10.1. The molecule has 2 aromatic carbocycles. The molecule has 3 aliphatic rings. The summed E-state index contributed by atoms with van der Waals surface area (Å²) in [4.78, 5) is 77.9. The van der Waals surface area contributed by atoms with E-state index in [0.717, 1.165) is 50.1 Å². The number of fused-ring (bicyclic) bond motifs is 6. The molecular weight excluding hydrogens is 995 g/mol. The minimum Gasteiger partial charge on any atom is -0.464 e. The number of esters is 1. The van der Waals surface area contributed by atoms with Crippen LogP contribution in [0, 0.1) is 17.3 Å². The van der Waals surface area contributed by atoms with Gasteiger partial charge in [-0.1, -0.05) is 64.6 Å². The van der Waals surface area contributed by atoms with Crippen molar-refractivity contribution in [2.24, 2.45) is 17.3 Å². The number of nitrogens with zero attached hydrogens (tertiary/aromatic N) is 5. The van der Waals surface area contributed by atoms with Crippen molar-refractivity contribution in [1.29, 1.82) is 0 Å². The normalized spacial score (nSPS) is 19.5. The standard InChI is InChI=1S/C52H67N7O7.5H2S/c1-10-44(60)56-25-22-37(30-56)49(62)58(12-3)46(32(4)5)48(61)54-42-27-34-16-13-17-35(26-34)36-20-21-43-39(28-36)40(47(57(43)11-2)38-18-14-23-53-45(38)33(6)65-9)29-52(7,8)31-66-51(64)41-19-15-24-59(55-41)50(42)63;;;;;/h10,13-14,16-18,20-21,23,26,28,32-33,37,41-42,46,55H,1,11-12,15,19,22,24-25,27,29-31H2,2-9H3,(H,54,61);5*1H2/t33-,37-,41-,42-,46-;;;;;/m0...../s1. The van der Waals surface area contributed by atoms with E-state index >= 15 is 0 Å². The fraction of sp³-hybridized carbons (Fsp3) is 0.500. The molecule has 0 saturated carbocycles. The maximum atomic E-state index is 14.8. The molecule has 4 aromatic rings. The van der Waals surface area contributed by atoms with Crippen LogP contribution in [0.25, 0.3) is 33.3 Å². The van der Waals surface area contributed by atoms with Crippen LogP contribution >= 0.6 is 67.5 Å². The van der Waals surface area contributed by atoms with Gasteiger partial charge in [-0.3, -0.25) is 34.0 Å². The number of carbonyl (C=O) groups excluding carboxylic acids is 5. The Labute approximate surface area is 455 Å². The van der Waals surface area contributed by atoms with E-state index in [0.29, 0.717) is 45.3 Å². The first kappa shape index (κ1) is 63.0. The summed E-state index contributed by atoms with van der Waals surface area (Å²) >= 11 is 0. The van der Waals surface area contributed by atoms with Gasteiger partial charge in [-0.05, 0) is 105 Å². The smallest absolute Gasteiger partial charge is 0.324 e. The predicted octanol–water partition coefficient (Wildman–Crippen LogP) is 7.22. The van der Waals surface area contributed by atoms with E-state index < -0.39 is 47.2 Å². The van der Waals surface area contributed by atoms with Gasteiger partial charge < -0.3 is 29.2 Å². The molecule has 5 atom stereocenters. The molecule has 6 bridgehead atoms. The molecule has 2 N–H and O–H groups in total. The van der Waals surface area contributed by atoms with Gasteiger partial charge in [-0.15, -0.1) is 0 Å². The average Bonchev–Trinajstić information content (AvgIpc) is 3.94. The molecule has 392 valence electrons. The Morgan fingerprint density at radius 1 is 0.986 bits per heavy atom. The summed E-state index contributed by atoms with van der Waals surface area (Å²) < 4.78 is 14.3. The van der Waals surface area contributed by atoms with Crippen LogP contribution in [0.15, 0.2) is 73.4 Å². The Kier molecular flexibility index (Phi) is 24.2. The highest BCUT2D eigenvalue weighted by atomic mass is 32.1. The van der Waals surface area contributed by atoms with Gasteiger partial charge in [0.1, 0.15) is 18.1 Å². The summed E-state index contributed by atoms with van der Waals surface area (Å²) in [5.74, 6) is -2.49. The first-order valence-electron chi connectivity index (χ1n) is 23.6. The Hall–Kier alpha value is -4.11. The van der Waals surface area contributed by atoms with Crippen LogP contribution in [0.1, 0.15) is 90.7 Å². The highest BCUT2D eigenvalue weighted by Gasteiger charge is 2.41. The van der Waals surface area contributed by atoms with Gasteiger partial charge in [0.2, 0.25) is 17.7 Å². The molecule has 0 radical (unpaired) electrons. The Morgan fingerprint density at radius 3 is 2.37 bits per heavy atom. The van der Waals surface area contributed by atoms with E-state index in [1.807, 2.05) is 45.9 Å². The second-order valence-electron chi connectivity index (χ2n) is 19.1. The molecule has 3 aliphatic heterocycles. The molecular formula is C52H77N7O7S5. The number of cyclic esters (lactones) is 1. The summed E-state index contributed by atoms with van der Waals surface area (Å²) in [6.07, 6.45) is 5.04. The summed E-state index contributed by atoms with van der Waals surface area (Å²) in [5, 5.41) is 5.62. The third-order valence-electron chi connectivity index (χ3n) is 13.5. The van der Waals surface area contributed by atoms with E-state index in [4.69, 9.17) is 14.5 Å². The van der Waals surface area contributed by atoms with Crippen molar-refractivity contribution in [3.8, 4) is 22.4 Å². The molecule has 4 amide bonds. The molecule has 0 spiro atoms. The van der Waals surface area contributed by atoms with Gasteiger partial charge >= 0.3 is 5.97 Å². The molecule has 71 heavy (non-hydrogen) atoms. The van der Waals surface area contributed by atoms with Crippen molar-refractivity contribution in [3.05, 3.63) is 90.3 Å². The number of methoxy groups -OCH3 is 1. The zero-order chi connectivity index (χ0) is 47.4. The minimum absolute atomic E-state index is 0. The van der Waals surface area contributed by atoms with Crippen molar-refractivity contribution in [3.63, 3.8) is 0 Å². The third-order valence-corrected chi connectivity index (χ3v) is 13.5. The number of carbonyl (C=O) groups is 5. The lowest BCUT2D eigenvalue weighted by molar-refractivity contribution is -0.155. The maximum absolute atomic E-state index is 14.8. The van der Waals surface area contributed by atoms with Crippen LogP contribution in [0.3, 0.4) is 0 Å². The monoisotopic (exact) mass is 1070 g/mol. The molecule has 0 aliphatic carbocycles. The quantitative estimate of drug-likeness (QED) is 0.117. The number of hydrogen-bond donors (Lipinski definition) is 2. The summed E-state index contributed by atoms with van der Waals surface area (Å²) in [6, 6.07) is 15.9. The Bertz CT molecular complexity index is 2500. The number of hydrogen-bond acceptors (Lipinski definition) is 9. The lowest BCUT2D eigenvalue weighted by Crippen LogP contribution is -2.62. The zero-order valence-corrected chi connectivity index (χ0v) is 47.4. The number of nitrogens with one attached hydrogen (secondary N) is 2. The van der Waals surface area contributed by atoms with E-state index in [2.05, 4.69) is 79.1 Å². The first-order valence-corrected chi connectivity index (χ1v) is 23.6. The van der Waals surface area contributed by atoms with Crippen molar-refractivity contribution < 1.29 is 33.4 Å². The molecule has 19 heteroatoms. The van der Waals surface area contributed by atoms with Crippen LogP contribution in [0.5, 0.6) is 0 Å². The number of hydrazine groups is 1. The number of amides is 4. The van der Waals surface area contributed by atoms with Gasteiger partial charge in [0, 0.05) is 74.3 Å². The highest BCUT2D eigenvalue weighted by Crippen LogP contribution is 2.42. The number of likely N-dealkylation sites (tertiary alicyclic amines) is 1. The number of aromatic nitrogens is 2. The molecule has 5 heterocycles. The fourth-order valence-electron chi connectivity index (χ4n) is 10.1. The van der Waals surface area contributed by atoms with Crippen LogP contribution in [0.4, 0.5) is 0 Å². The molecule has 2 aromatic heterocycles. The first-order chi connectivity index (χ1) is 31.6. The van der Waals surface area contributed by atoms with Gasteiger partial charge in [-0.25, -0.2) is 5.43 Å². The number of pyridine rings is 1. The molecule has 14 nitrogen and oxygen atoms in total. The highest BCUT2D eigenvalue weighted by molar-refractivity contribution is 7.60. The van der Waals surface area contributed by atoms with Crippen molar-refractivity contribution in [2.45, 2.75) is 111 Å².